The van der Waals surface area contributed by atoms with Crippen molar-refractivity contribution in [2.24, 2.45) is 0 Å². The summed E-state index contributed by atoms with van der Waals surface area (Å²) in [5, 5.41) is 0. The molecular weight excluding hydrogens is 186 g/mol. The zero-order valence-electron chi connectivity index (χ0n) is 8.08. The monoisotopic (exact) mass is 205 g/mol. The van der Waals surface area contributed by atoms with E-state index in [1.54, 1.807) is 6.08 Å². The van der Waals surface area contributed by atoms with Gasteiger partial charge in [0, 0.05) is 13.7 Å². The highest BCUT2D eigenvalue weighted by Gasteiger charge is 2.33. The summed E-state index contributed by atoms with van der Waals surface area (Å²) in [5.41, 5.74) is 0. The van der Waals surface area contributed by atoms with Crippen molar-refractivity contribution >= 4 is 7.49 Å². The van der Waals surface area contributed by atoms with E-state index in [0.717, 1.165) is 25.7 Å². The molecule has 1 aliphatic rings. The lowest BCUT2D eigenvalue weighted by atomic mass is 10.2. The summed E-state index contributed by atoms with van der Waals surface area (Å²) in [6, 6.07) is 0. The first-order valence-electron chi connectivity index (χ1n) is 5.03. The molecule has 1 N–H and O–H groups in total. The Morgan fingerprint density at radius 2 is 2.08 bits per heavy atom. The van der Waals surface area contributed by atoms with E-state index in [4.69, 9.17) is 0 Å². The molecular formula is C10H19FOP. The molecule has 0 aromatic heterocycles. The van der Waals surface area contributed by atoms with Crippen LogP contribution in [0.4, 0.5) is 4.39 Å². The maximum absolute atomic E-state index is 13.6. The Hall–Kier alpha value is 0.0600. The van der Waals surface area contributed by atoms with Crippen LogP contribution in [0, 0.1) is 0 Å². The quantitative estimate of drug-likeness (QED) is 0.541. The van der Waals surface area contributed by atoms with Crippen LogP contribution in [0.5, 0.6) is 0 Å². The Morgan fingerprint density at radius 1 is 1.38 bits per heavy atom. The summed E-state index contributed by atoms with van der Waals surface area (Å²) < 4.78 is 13.6. The molecule has 77 valence electrons. The van der Waals surface area contributed by atoms with Gasteiger partial charge in [-0.25, -0.2) is 4.39 Å². The number of hydrogen-bond donors (Lipinski definition) is 1. The zero-order chi connectivity index (χ0) is 9.73. The molecule has 0 bridgehead atoms. The Balaban J connectivity index is 2.58. The molecule has 1 saturated heterocycles. The predicted molar refractivity (Wildman–Crippen MR) is 57.1 cm³/mol. The first kappa shape index (κ1) is 11.1. The Bertz CT molecular complexity index is 174. The average Bonchev–Trinajstić information content (AvgIpc) is 2.09. The predicted octanol–water partition coefficient (Wildman–Crippen LogP) is 3.36. The van der Waals surface area contributed by atoms with Gasteiger partial charge in [0.05, 0.1) is 0 Å². The Kier molecular flexibility index (Phi) is 4.34. The van der Waals surface area contributed by atoms with Crippen molar-refractivity contribution in [3.63, 3.8) is 0 Å². The Morgan fingerprint density at radius 3 is 2.77 bits per heavy atom. The van der Waals surface area contributed by atoms with Crippen molar-refractivity contribution in [2.75, 3.05) is 12.3 Å². The molecule has 0 aliphatic carbocycles. The maximum Gasteiger partial charge on any atom is 0.138 e. The molecule has 0 amide bonds. The fraction of sp³-hybridized carbons (Fsp3) is 0.800. The van der Waals surface area contributed by atoms with Gasteiger partial charge in [0.25, 0.3) is 0 Å². The topological polar surface area (TPSA) is 20.2 Å². The molecule has 1 radical (unpaired) electrons. The lowest BCUT2D eigenvalue weighted by Crippen LogP contribution is -2.16. The van der Waals surface area contributed by atoms with Gasteiger partial charge in [-0.1, -0.05) is 25.3 Å². The van der Waals surface area contributed by atoms with E-state index in [1.165, 1.54) is 0 Å². The molecule has 1 aliphatic heterocycles. The van der Waals surface area contributed by atoms with Crippen molar-refractivity contribution in [1.29, 1.82) is 0 Å². The third kappa shape index (κ3) is 3.03. The third-order valence-corrected chi connectivity index (χ3v) is 5.99. The van der Waals surface area contributed by atoms with Crippen molar-refractivity contribution < 1.29 is 9.28 Å². The summed E-state index contributed by atoms with van der Waals surface area (Å²) in [4.78, 5) is 10.1. The second-order valence-corrected chi connectivity index (χ2v) is 7.17. The highest BCUT2D eigenvalue weighted by Crippen LogP contribution is 2.62. The molecule has 1 fully saturated rings. The van der Waals surface area contributed by atoms with Gasteiger partial charge < -0.3 is 4.89 Å². The molecule has 1 nitrogen and oxygen atoms in total. The zero-order valence-corrected chi connectivity index (χ0v) is 8.98. The molecule has 0 spiro atoms. The second-order valence-electron chi connectivity index (χ2n) is 3.82. The first-order chi connectivity index (χ1) is 6.19. The van der Waals surface area contributed by atoms with Gasteiger partial charge >= 0.3 is 0 Å². The van der Waals surface area contributed by atoms with Crippen LogP contribution in [-0.4, -0.2) is 23.1 Å². The van der Waals surface area contributed by atoms with E-state index in [0.29, 0.717) is 18.7 Å². The van der Waals surface area contributed by atoms with Crippen molar-refractivity contribution in [3.8, 4) is 0 Å². The van der Waals surface area contributed by atoms with Crippen LogP contribution in [0.15, 0.2) is 12.7 Å². The summed E-state index contributed by atoms with van der Waals surface area (Å²) >= 11 is 0. The highest BCUT2D eigenvalue weighted by atomic mass is 31.2. The van der Waals surface area contributed by atoms with Crippen molar-refractivity contribution in [1.82, 2.24) is 0 Å². The minimum absolute atomic E-state index is 0.494. The smallest absolute Gasteiger partial charge is 0.138 e. The molecule has 0 saturated carbocycles. The highest BCUT2D eigenvalue weighted by molar-refractivity contribution is 7.71. The lowest BCUT2D eigenvalue weighted by Gasteiger charge is -2.34. The van der Waals surface area contributed by atoms with E-state index in [1.807, 2.05) is 0 Å². The molecule has 3 heteroatoms. The standard InChI is InChI=1S/C10H19FOP/c1-2-8-13(12)9-6-4-3-5-7-10(13)11/h2,10,12H,1,3-9H2. The van der Waals surface area contributed by atoms with E-state index in [9.17, 15) is 9.28 Å². The van der Waals surface area contributed by atoms with Crippen LogP contribution in [0.2, 0.25) is 0 Å². The van der Waals surface area contributed by atoms with Gasteiger partial charge in [-0.05, 0) is 19.0 Å². The van der Waals surface area contributed by atoms with Crippen molar-refractivity contribution in [3.05, 3.63) is 12.7 Å². The van der Waals surface area contributed by atoms with E-state index >= 15 is 0 Å². The third-order valence-electron chi connectivity index (χ3n) is 2.70. The van der Waals surface area contributed by atoms with Gasteiger partial charge in [-0.3, -0.25) is 0 Å². The van der Waals surface area contributed by atoms with E-state index in [-0.39, 0.29) is 0 Å². The van der Waals surface area contributed by atoms with Gasteiger partial charge in [0.2, 0.25) is 0 Å². The number of alkyl halides is 1. The van der Waals surface area contributed by atoms with Crippen LogP contribution in [0.1, 0.15) is 32.1 Å². The normalized spacial score (nSPS) is 36.3. The van der Waals surface area contributed by atoms with Crippen LogP contribution in [0.3, 0.4) is 0 Å². The van der Waals surface area contributed by atoms with Gasteiger partial charge in [0.15, 0.2) is 0 Å². The molecule has 13 heavy (non-hydrogen) atoms. The summed E-state index contributed by atoms with van der Waals surface area (Å²) in [6.07, 6.45) is 7.59. The van der Waals surface area contributed by atoms with E-state index in [2.05, 4.69) is 6.58 Å². The first-order valence-corrected chi connectivity index (χ1v) is 7.21. The maximum atomic E-state index is 13.6. The summed E-state index contributed by atoms with van der Waals surface area (Å²) in [5.74, 6) is -0.953. The minimum Gasteiger partial charge on any atom is -0.377 e. The lowest BCUT2D eigenvalue weighted by molar-refractivity contribution is 0.366. The number of rotatable bonds is 2. The molecule has 1 rings (SSSR count). The fourth-order valence-electron chi connectivity index (χ4n) is 1.86. The molecule has 2 unspecified atom stereocenters. The Labute approximate surface area is 80.5 Å². The van der Waals surface area contributed by atoms with Gasteiger partial charge in [0.1, 0.15) is 5.91 Å². The number of halogens is 1. The minimum atomic E-state index is -2.31. The van der Waals surface area contributed by atoms with Gasteiger partial charge in [-0.2, -0.15) is 0 Å². The van der Waals surface area contributed by atoms with Gasteiger partial charge in [-0.15, -0.1) is 6.58 Å². The SMILES string of the molecule is C=CC[P]1(O)CCCCCCC1F. The van der Waals surface area contributed by atoms with Crippen molar-refractivity contribution in [2.45, 2.75) is 38.0 Å². The molecule has 0 aromatic carbocycles. The molecule has 2 atom stereocenters. The molecule has 1 heterocycles. The summed E-state index contributed by atoms with van der Waals surface area (Å²) in [6.45, 7) is 3.59. The van der Waals surface area contributed by atoms with E-state index < -0.39 is 13.4 Å². The number of hydrogen-bond acceptors (Lipinski definition) is 1. The van der Waals surface area contributed by atoms with Crippen LogP contribution in [0.25, 0.3) is 0 Å². The van der Waals surface area contributed by atoms with Crippen LogP contribution < -0.4 is 0 Å². The second kappa shape index (κ2) is 5.07. The van der Waals surface area contributed by atoms with Crippen LogP contribution in [-0.2, 0) is 0 Å². The summed E-state index contributed by atoms with van der Waals surface area (Å²) in [7, 11) is -2.31. The average molecular weight is 205 g/mol. The molecule has 0 aromatic rings. The largest absolute Gasteiger partial charge is 0.377 e. The fourth-order valence-corrected chi connectivity index (χ4v) is 4.43. The van der Waals surface area contributed by atoms with Crippen LogP contribution >= 0.6 is 7.49 Å². The number of allylic oxidation sites excluding steroid dienone is 1.